The van der Waals surface area contributed by atoms with Gasteiger partial charge in [0.25, 0.3) is 0 Å². The van der Waals surface area contributed by atoms with Crippen molar-refractivity contribution in [2.45, 2.75) is 34.4 Å². The van der Waals surface area contributed by atoms with Gasteiger partial charge in [0, 0.05) is 44.1 Å². The summed E-state index contributed by atoms with van der Waals surface area (Å²) in [5, 5.41) is 3.11. The third-order valence-corrected chi connectivity index (χ3v) is 3.97. The molecule has 0 aromatic heterocycles. The Morgan fingerprint density at radius 1 is 1.04 bits per heavy atom. The molecule has 1 saturated heterocycles. The molecular formula is C18H30F3N3. The number of piperazine rings is 1. The van der Waals surface area contributed by atoms with Crippen LogP contribution in [0.5, 0.6) is 0 Å². The van der Waals surface area contributed by atoms with Crippen molar-refractivity contribution < 1.29 is 13.2 Å². The van der Waals surface area contributed by atoms with Crippen molar-refractivity contribution in [3.8, 4) is 0 Å². The summed E-state index contributed by atoms with van der Waals surface area (Å²) < 4.78 is 40.4. The van der Waals surface area contributed by atoms with Crippen molar-refractivity contribution in [1.29, 1.82) is 0 Å². The second-order valence-electron chi connectivity index (χ2n) is 7.43. The van der Waals surface area contributed by atoms with Gasteiger partial charge in [-0.3, -0.25) is 0 Å². The Morgan fingerprint density at radius 2 is 1.62 bits per heavy atom. The molecule has 1 aliphatic heterocycles. The van der Waals surface area contributed by atoms with E-state index in [0.29, 0.717) is 25.3 Å². The first-order chi connectivity index (χ1) is 10.6. The lowest BCUT2D eigenvalue weighted by atomic mass is 9.97. The predicted octanol–water partition coefficient (Wildman–Crippen LogP) is 4.55. The molecule has 1 heterocycles. The molecule has 138 valence electrons. The van der Waals surface area contributed by atoms with Crippen LogP contribution in [0.25, 0.3) is 0 Å². The van der Waals surface area contributed by atoms with E-state index in [1.165, 1.54) is 6.07 Å². The lowest BCUT2D eigenvalue weighted by Gasteiger charge is -2.35. The number of nitrogens with one attached hydrogen (secondary N) is 1. The van der Waals surface area contributed by atoms with E-state index >= 15 is 0 Å². The highest BCUT2D eigenvalue weighted by Crippen LogP contribution is 2.38. The van der Waals surface area contributed by atoms with Crippen LogP contribution < -0.4 is 10.2 Å². The Labute approximate surface area is 143 Å². The van der Waals surface area contributed by atoms with Crippen LogP contribution in [0.2, 0.25) is 0 Å². The average molecular weight is 345 g/mol. The van der Waals surface area contributed by atoms with Gasteiger partial charge < -0.3 is 15.1 Å². The molecule has 2 rings (SSSR count). The van der Waals surface area contributed by atoms with Crippen LogP contribution in [0, 0.1) is 5.41 Å². The molecule has 3 nitrogen and oxygen atoms in total. The van der Waals surface area contributed by atoms with Crippen molar-refractivity contribution in [3.05, 3.63) is 23.8 Å². The maximum Gasteiger partial charge on any atom is 0.418 e. The first-order valence-electron chi connectivity index (χ1n) is 7.95. The summed E-state index contributed by atoms with van der Waals surface area (Å²) in [6.07, 6.45) is -4.35. The van der Waals surface area contributed by atoms with E-state index in [9.17, 15) is 13.2 Å². The summed E-state index contributed by atoms with van der Waals surface area (Å²) in [4.78, 5) is 3.96. The fourth-order valence-corrected chi connectivity index (χ4v) is 2.56. The Balaban J connectivity index is 0.00000288. The molecule has 1 aromatic carbocycles. The van der Waals surface area contributed by atoms with E-state index in [1.54, 1.807) is 12.1 Å². The van der Waals surface area contributed by atoms with Gasteiger partial charge >= 0.3 is 6.18 Å². The monoisotopic (exact) mass is 345 g/mol. The van der Waals surface area contributed by atoms with Gasteiger partial charge in [-0.2, -0.15) is 13.2 Å². The normalized spacial score (nSPS) is 16.7. The third kappa shape index (κ3) is 5.58. The van der Waals surface area contributed by atoms with Gasteiger partial charge in [-0.05, 0) is 30.7 Å². The van der Waals surface area contributed by atoms with Crippen molar-refractivity contribution in [1.82, 2.24) is 4.90 Å². The molecule has 0 bridgehead atoms. The van der Waals surface area contributed by atoms with Gasteiger partial charge in [-0.25, -0.2) is 0 Å². The van der Waals surface area contributed by atoms with E-state index < -0.39 is 11.7 Å². The van der Waals surface area contributed by atoms with Crippen LogP contribution in [0.1, 0.15) is 33.8 Å². The van der Waals surface area contributed by atoms with Crippen molar-refractivity contribution >= 4 is 11.4 Å². The maximum absolute atomic E-state index is 13.5. The number of anilines is 2. The van der Waals surface area contributed by atoms with Crippen LogP contribution in [-0.4, -0.2) is 44.7 Å². The second kappa shape index (κ2) is 7.64. The number of benzene rings is 1. The largest absolute Gasteiger partial charge is 0.418 e. The highest BCUT2D eigenvalue weighted by molar-refractivity contribution is 5.62. The lowest BCUT2D eigenvalue weighted by Crippen LogP contribution is -2.45. The molecule has 0 radical (unpaired) electrons. The van der Waals surface area contributed by atoms with E-state index in [0.717, 1.165) is 13.1 Å². The van der Waals surface area contributed by atoms with Crippen molar-refractivity contribution in [3.63, 3.8) is 0 Å². The summed E-state index contributed by atoms with van der Waals surface area (Å²) in [6.45, 7) is 9.55. The number of likely N-dealkylation sites (N-methyl/N-ethyl adjacent to an activating group) is 1. The quantitative estimate of drug-likeness (QED) is 0.867. The Morgan fingerprint density at radius 3 is 2.12 bits per heavy atom. The second-order valence-corrected chi connectivity index (χ2v) is 7.43. The third-order valence-electron chi connectivity index (χ3n) is 3.97. The van der Waals surface area contributed by atoms with Crippen LogP contribution in [-0.2, 0) is 6.18 Å². The zero-order chi connectivity index (χ0) is 17.3. The molecule has 1 fully saturated rings. The zero-order valence-corrected chi connectivity index (χ0v) is 14.3. The summed E-state index contributed by atoms with van der Waals surface area (Å²) in [5.41, 5.74) is 0.257. The molecule has 0 amide bonds. The highest BCUT2D eigenvalue weighted by atomic mass is 19.4. The predicted molar refractivity (Wildman–Crippen MR) is 95.8 cm³/mol. The smallest absolute Gasteiger partial charge is 0.385 e. The van der Waals surface area contributed by atoms with Crippen LogP contribution >= 0.6 is 0 Å². The lowest BCUT2D eigenvalue weighted by molar-refractivity contribution is -0.137. The SMILES string of the molecule is C.CN1CCN(c2ccc(NCC(C)(C)C)cc2C(F)(F)F)CC1. The summed E-state index contributed by atoms with van der Waals surface area (Å²) in [6, 6.07) is 4.58. The Hall–Kier alpha value is -1.43. The number of rotatable bonds is 3. The van der Waals surface area contributed by atoms with Crippen molar-refractivity contribution in [2.24, 2.45) is 5.41 Å². The van der Waals surface area contributed by atoms with Crippen molar-refractivity contribution in [2.75, 3.05) is 50.0 Å². The van der Waals surface area contributed by atoms with E-state index in [4.69, 9.17) is 0 Å². The number of nitrogens with zero attached hydrogens (tertiary/aromatic N) is 2. The van der Waals surface area contributed by atoms with Crippen LogP contribution in [0.3, 0.4) is 0 Å². The minimum atomic E-state index is -4.35. The molecular weight excluding hydrogens is 315 g/mol. The van der Waals surface area contributed by atoms with Gasteiger partial charge in [-0.15, -0.1) is 0 Å². The molecule has 0 saturated carbocycles. The first-order valence-corrected chi connectivity index (χ1v) is 7.95. The summed E-state index contributed by atoms with van der Waals surface area (Å²) in [7, 11) is 1.99. The topological polar surface area (TPSA) is 18.5 Å². The van der Waals surface area contributed by atoms with Gasteiger partial charge in [0.1, 0.15) is 0 Å². The molecule has 1 aromatic rings. The van der Waals surface area contributed by atoms with Crippen LogP contribution in [0.4, 0.5) is 24.5 Å². The maximum atomic E-state index is 13.5. The minimum absolute atomic E-state index is 0. The molecule has 0 aliphatic carbocycles. The summed E-state index contributed by atoms with van der Waals surface area (Å²) >= 11 is 0. The van der Waals surface area contributed by atoms with E-state index in [2.05, 4.69) is 10.2 Å². The molecule has 0 atom stereocenters. The molecule has 0 spiro atoms. The molecule has 1 N–H and O–H groups in total. The Kier molecular flexibility index (Phi) is 6.56. The number of hydrogen-bond donors (Lipinski definition) is 1. The number of halogens is 3. The van der Waals surface area contributed by atoms with Gasteiger partial charge in [0.05, 0.1) is 5.56 Å². The summed E-state index contributed by atoms with van der Waals surface area (Å²) in [5.74, 6) is 0. The van der Waals surface area contributed by atoms with Gasteiger partial charge in [0.15, 0.2) is 0 Å². The number of alkyl halides is 3. The fourth-order valence-electron chi connectivity index (χ4n) is 2.56. The molecule has 24 heavy (non-hydrogen) atoms. The highest BCUT2D eigenvalue weighted by Gasteiger charge is 2.35. The molecule has 6 heteroatoms. The average Bonchev–Trinajstić information content (AvgIpc) is 2.44. The van der Waals surface area contributed by atoms with Gasteiger partial charge in [0.2, 0.25) is 0 Å². The molecule has 1 aliphatic rings. The molecule has 0 unspecified atom stereocenters. The first kappa shape index (κ1) is 20.6. The van der Waals surface area contributed by atoms with Crippen LogP contribution in [0.15, 0.2) is 18.2 Å². The van der Waals surface area contributed by atoms with Gasteiger partial charge in [-0.1, -0.05) is 28.2 Å². The number of hydrogen-bond acceptors (Lipinski definition) is 3. The zero-order valence-electron chi connectivity index (χ0n) is 14.3. The Bertz CT molecular complexity index is 527. The standard InChI is InChI=1S/C17H26F3N3.CH4/c1-16(2,3)12-21-13-5-6-15(14(11-13)17(18,19)20)23-9-7-22(4)8-10-23;/h5-6,11,21H,7-10,12H2,1-4H3;1H4. The van der Waals surface area contributed by atoms with E-state index in [1.807, 2.05) is 32.7 Å². The van der Waals surface area contributed by atoms with E-state index in [-0.39, 0.29) is 18.5 Å². The minimum Gasteiger partial charge on any atom is -0.385 e. The fraction of sp³-hybridized carbons (Fsp3) is 0.667.